The van der Waals surface area contributed by atoms with Gasteiger partial charge in [0.25, 0.3) is 10.0 Å². The molecule has 152 valence electrons. The average Bonchev–Trinajstić information content (AvgIpc) is 2.73. The molecule has 0 bridgehead atoms. The van der Waals surface area contributed by atoms with Crippen molar-refractivity contribution in [3.8, 4) is 5.75 Å². The molecule has 0 atom stereocenters. The standard InChI is InChI=1S/C23H25NO4S/c1-19-7-6-10-21(17-19)24(18-20-8-4-3-5-9-20)29(25,26)23-13-11-22(12-14-23)28-16-15-27-2/h3-14,17H,15-16,18H2,1-2H3. The predicted molar refractivity (Wildman–Crippen MR) is 115 cm³/mol. The van der Waals surface area contributed by atoms with Crippen molar-refractivity contribution in [2.75, 3.05) is 24.6 Å². The molecule has 5 nitrogen and oxygen atoms in total. The zero-order valence-electron chi connectivity index (χ0n) is 16.6. The van der Waals surface area contributed by atoms with Gasteiger partial charge in [-0.25, -0.2) is 8.42 Å². The zero-order valence-corrected chi connectivity index (χ0v) is 17.4. The van der Waals surface area contributed by atoms with E-state index < -0.39 is 10.0 Å². The molecule has 0 N–H and O–H groups in total. The van der Waals surface area contributed by atoms with Crippen molar-refractivity contribution in [1.29, 1.82) is 0 Å². The maximum atomic E-state index is 13.5. The van der Waals surface area contributed by atoms with Crippen molar-refractivity contribution in [3.63, 3.8) is 0 Å². The van der Waals surface area contributed by atoms with Gasteiger partial charge in [0.15, 0.2) is 0 Å². The summed E-state index contributed by atoms with van der Waals surface area (Å²) in [5.74, 6) is 0.603. The number of ether oxygens (including phenoxy) is 2. The molecule has 6 heteroatoms. The Labute approximate surface area is 172 Å². The zero-order chi connectivity index (χ0) is 20.7. The number of benzene rings is 3. The average molecular weight is 412 g/mol. The van der Waals surface area contributed by atoms with Crippen LogP contribution >= 0.6 is 0 Å². The third kappa shape index (κ3) is 5.37. The minimum Gasteiger partial charge on any atom is -0.491 e. The van der Waals surface area contributed by atoms with Gasteiger partial charge >= 0.3 is 0 Å². The number of anilines is 1. The van der Waals surface area contributed by atoms with Crippen LogP contribution in [0.15, 0.2) is 83.8 Å². The summed E-state index contributed by atoms with van der Waals surface area (Å²) < 4.78 is 38.9. The summed E-state index contributed by atoms with van der Waals surface area (Å²) >= 11 is 0. The van der Waals surface area contributed by atoms with Crippen molar-refractivity contribution < 1.29 is 17.9 Å². The highest BCUT2D eigenvalue weighted by Gasteiger charge is 2.25. The summed E-state index contributed by atoms with van der Waals surface area (Å²) in [4.78, 5) is 0.217. The maximum Gasteiger partial charge on any atom is 0.264 e. The molecule has 0 aromatic heterocycles. The number of hydrogen-bond acceptors (Lipinski definition) is 4. The second-order valence-electron chi connectivity index (χ2n) is 6.65. The van der Waals surface area contributed by atoms with Gasteiger partial charge in [-0.3, -0.25) is 4.31 Å². The molecule has 0 radical (unpaired) electrons. The molecule has 0 amide bonds. The van der Waals surface area contributed by atoms with E-state index in [9.17, 15) is 8.42 Å². The molecular formula is C23H25NO4S. The Bertz CT molecular complexity index is 1020. The first-order chi connectivity index (χ1) is 14.0. The number of aryl methyl sites for hydroxylation is 1. The van der Waals surface area contributed by atoms with Gasteiger partial charge in [-0.2, -0.15) is 0 Å². The lowest BCUT2D eigenvalue weighted by Gasteiger charge is -2.25. The number of rotatable bonds is 9. The van der Waals surface area contributed by atoms with Crippen LogP contribution in [0.5, 0.6) is 5.75 Å². The largest absolute Gasteiger partial charge is 0.491 e. The Morgan fingerprint density at radius 2 is 1.59 bits per heavy atom. The second-order valence-corrected chi connectivity index (χ2v) is 8.51. The van der Waals surface area contributed by atoms with Crippen LogP contribution in [-0.2, 0) is 21.3 Å². The third-order valence-electron chi connectivity index (χ3n) is 4.43. The Morgan fingerprint density at radius 3 is 2.24 bits per heavy atom. The van der Waals surface area contributed by atoms with Crippen LogP contribution in [0.25, 0.3) is 0 Å². The van der Waals surface area contributed by atoms with E-state index in [4.69, 9.17) is 9.47 Å². The smallest absolute Gasteiger partial charge is 0.264 e. The first kappa shape index (κ1) is 20.9. The number of nitrogens with zero attached hydrogens (tertiary/aromatic N) is 1. The minimum atomic E-state index is -3.76. The topological polar surface area (TPSA) is 55.8 Å². The van der Waals surface area contributed by atoms with Crippen molar-refractivity contribution in [1.82, 2.24) is 0 Å². The number of hydrogen-bond donors (Lipinski definition) is 0. The Kier molecular flexibility index (Phi) is 6.90. The van der Waals surface area contributed by atoms with E-state index in [1.54, 1.807) is 31.4 Å². The molecule has 29 heavy (non-hydrogen) atoms. The first-order valence-corrected chi connectivity index (χ1v) is 10.8. The fourth-order valence-corrected chi connectivity index (χ4v) is 4.37. The van der Waals surface area contributed by atoms with Gasteiger partial charge in [0.05, 0.1) is 23.7 Å². The molecular weight excluding hydrogens is 386 g/mol. The Balaban J connectivity index is 1.93. The highest BCUT2D eigenvalue weighted by Crippen LogP contribution is 2.27. The number of methoxy groups -OCH3 is 1. The summed E-state index contributed by atoms with van der Waals surface area (Å²) in [5, 5.41) is 0. The molecule has 3 rings (SSSR count). The van der Waals surface area contributed by atoms with E-state index >= 15 is 0 Å². The molecule has 0 saturated heterocycles. The second kappa shape index (κ2) is 9.58. The lowest BCUT2D eigenvalue weighted by atomic mass is 10.2. The lowest BCUT2D eigenvalue weighted by Crippen LogP contribution is -2.30. The molecule has 3 aromatic carbocycles. The summed E-state index contributed by atoms with van der Waals surface area (Å²) in [6.45, 7) is 3.08. The minimum absolute atomic E-state index is 0.217. The molecule has 0 aliphatic rings. The Morgan fingerprint density at radius 1 is 0.862 bits per heavy atom. The van der Waals surface area contributed by atoms with Crippen molar-refractivity contribution in [3.05, 3.63) is 90.0 Å². The predicted octanol–water partition coefficient (Wildman–Crippen LogP) is 4.42. The van der Waals surface area contributed by atoms with E-state index in [1.165, 1.54) is 4.31 Å². The van der Waals surface area contributed by atoms with Gasteiger partial charge in [-0.15, -0.1) is 0 Å². The van der Waals surface area contributed by atoms with Gasteiger partial charge in [0, 0.05) is 7.11 Å². The Hall–Kier alpha value is -2.83. The van der Waals surface area contributed by atoms with Crippen LogP contribution in [-0.4, -0.2) is 28.7 Å². The van der Waals surface area contributed by atoms with Crippen molar-refractivity contribution in [2.45, 2.75) is 18.4 Å². The van der Waals surface area contributed by atoms with Crippen LogP contribution in [0.2, 0.25) is 0 Å². The van der Waals surface area contributed by atoms with Crippen LogP contribution < -0.4 is 9.04 Å². The van der Waals surface area contributed by atoms with E-state index in [1.807, 2.05) is 61.5 Å². The summed E-state index contributed by atoms with van der Waals surface area (Å²) in [6.07, 6.45) is 0. The van der Waals surface area contributed by atoms with Crippen LogP contribution in [0.3, 0.4) is 0 Å². The maximum absolute atomic E-state index is 13.5. The molecule has 0 aliphatic carbocycles. The van der Waals surface area contributed by atoms with Gasteiger partial charge < -0.3 is 9.47 Å². The van der Waals surface area contributed by atoms with E-state index in [2.05, 4.69) is 0 Å². The van der Waals surface area contributed by atoms with Crippen LogP contribution in [0.1, 0.15) is 11.1 Å². The summed E-state index contributed by atoms with van der Waals surface area (Å²) in [6, 6.07) is 23.6. The lowest BCUT2D eigenvalue weighted by molar-refractivity contribution is 0.146. The molecule has 3 aromatic rings. The monoisotopic (exact) mass is 411 g/mol. The first-order valence-electron chi connectivity index (χ1n) is 9.36. The molecule has 0 fully saturated rings. The fraction of sp³-hybridized carbons (Fsp3) is 0.217. The normalized spacial score (nSPS) is 11.2. The third-order valence-corrected chi connectivity index (χ3v) is 6.21. The highest BCUT2D eigenvalue weighted by molar-refractivity contribution is 7.92. The molecule has 0 spiro atoms. The molecule has 0 heterocycles. The molecule has 0 unspecified atom stereocenters. The van der Waals surface area contributed by atoms with Crippen molar-refractivity contribution in [2.24, 2.45) is 0 Å². The molecule has 0 aliphatic heterocycles. The number of sulfonamides is 1. The highest BCUT2D eigenvalue weighted by atomic mass is 32.2. The SMILES string of the molecule is COCCOc1ccc(S(=O)(=O)N(Cc2ccccc2)c2cccc(C)c2)cc1. The van der Waals surface area contributed by atoms with Gasteiger partial charge in [-0.05, 0) is 54.4 Å². The molecule has 0 saturated carbocycles. The van der Waals surface area contributed by atoms with Crippen LogP contribution in [0.4, 0.5) is 5.69 Å². The van der Waals surface area contributed by atoms with E-state index in [0.717, 1.165) is 11.1 Å². The fourth-order valence-electron chi connectivity index (χ4n) is 2.93. The van der Waals surface area contributed by atoms with Gasteiger partial charge in [-0.1, -0.05) is 42.5 Å². The van der Waals surface area contributed by atoms with E-state index in [0.29, 0.717) is 24.7 Å². The van der Waals surface area contributed by atoms with Crippen LogP contribution in [0, 0.1) is 6.92 Å². The summed E-state index contributed by atoms with van der Waals surface area (Å²) in [5.41, 5.74) is 2.55. The quantitative estimate of drug-likeness (QED) is 0.489. The van der Waals surface area contributed by atoms with Gasteiger partial charge in [0.1, 0.15) is 12.4 Å². The summed E-state index contributed by atoms with van der Waals surface area (Å²) in [7, 11) is -2.16. The van der Waals surface area contributed by atoms with E-state index in [-0.39, 0.29) is 11.4 Å². The van der Waals surface area contributed by atoms with Crippen molar-refractivity contribution >= 4 is 15.7 Å². The van der Waals surface area contributed by atoms with Gasteiger partial charge in [0.2, 0.25) is 0 Å².